The van der Waals surface area contributed by atoms with E-state index in [1.165, 1.54) is 6.08 Å². The molecule has 0 unspecified atom stereocenters. The maximum Gasteiger partial charge on any atom is 0.409 e. The number of benzene rings is 2. The van der Waals surface area contributed by atoms with Crippen LogP contribution in [0.3, 0.4) is 0 Å². The molecular formula is C18H18F3N. The first kappa shape index (κ1) is 16.3. The maximum absolute atomic E-state index is 12.5. The number of rotatable bonds is 5. The highest BCUT2D eigenvalue weighted by atomic mass is 19.4. The number of hydrogen-bond donors (Lipinski definition) is 0. The highest BCUT2D eigenvalue weighted by Crippen LogP contribution is 2.25. The fourth-order valence-electron chi connectivity index (χ4n) is 2.33. The van der Waals surface area contributed by atoms with Crippen LogP contribution in [0.5, 0.6) is 0 Å². The van der Waals surface area contributed by atoms with Crippen molar-refractivity contribution in [3.8, 4) is 0 Å². The van der Waals surface area contributed by atoms with Crippen molar-refractivity contribution in [2.75, 3.05) is 7.05 Å². The summed E-state index contributed by atoms with van der Waals surface area (Å²) < 4.78 is 37.6. The van der Waals surface area contributed by atoms with Crippen LogP contribution in [0.4, 0.5) is 13.2 Å². The van der Waals surface area contributed by atoms with Gasteiger partial charge in [-0.25, -0.2) is 0 Å². The molecule has 4 heteroatoms. The molecule has 2 rings (SSSR count). The molecule has 0 fully saturated rings. The quantitative estimate of drug-likeness (QED) is 0.704. The largest absolute Gasteiger partial charge is 0.409 e. The van der Waals surface area contributed by atoms with Crippen molar-refractivity contribution >= 4 is 0 Å². The Kier molecular flexibility index (Phi) is 5.39. The second-order valence-corrected chi connectivity index (χ2v) is 5.16. The highest BCUT2D eigenvalue weighted by Gasteiger charge is 2.24. The van der Waals surface area contributed by atoms with Crippen LogP contribution in [-0.2, 0) is 6.54 Å². The molecule has 0 bridgehead atoms. The van der Waals surface area contributed by atoms with Crippen LogP contribution in [0.1, 0.15) is 17.2 Å². The summed E-state index contributed by atoms with van der Waals surface area (Å²) in [7, 11) is 1.82. The third-order valence-electron chi connectivity index (χ3n) is 3.36. The lowest BCUT2D eigenvalue weighted by Crippen LogP contribution is -2.23. The van der Waals surface area contributed by atoms with Crippen molar-refractivity contribution in [2.24, 2.45) is 0 Å². The predicted molar refractivity (Wildman–Crippen MR) is 82.3 cm³/mol. The highest BCUT2D eigenvalue weighted by molar-refractivity contribution is 5.24. The average Bonchev–Trinajstić information content (AvgIpc) is 2.48. The molecule has 0 aliphatic rings. The van der Waals surface area contributed by atoms with Crippen molar-refractivity contribution in [1.82, 2.24) is 4.90 Å². The van der Waals surface area contributed by atoms with E-state index in [1.807, 2.05) is 72.6 Å². The lowest BCUT2D eigenvalue weighted by Gasteiger charge is -2.26. The van der Waals surface area contributed by atoms with Crippen molar-refractivity contribution in [2.45, 2.75) is 18.8 Å². The monoisotopic (exact) mass is 305 g/mol. The number of likely N-dealkylation sites (N-methyl/N-ethyl adjacent to an activating group) is 1. The second kappa shape index (κ2) is 7.27. The van der Waals surface area contributed by atoms with Crippen LogP contribution in [0.2, 0.25) is 0 Å². The van der Waals surface area contributed by atoms with E-state index in [1.54, 1.807) is 0 Å². The van der Waals surface area contributed by atoms with Gasteiger partial charge in [-0.15, -0.1) is 0 Å². The Hall–Kier alpha value is -2.07. The Bertz CT molecular complexity index is 591. The minimum Gasteiger partial charge on any atom is -0.292 e. The van der Waals surface area contributed by atoms with Crippen LogP contribution < -0.4 is 0 Å². The van der Waals surface area contributed by atoms with Gasteiger partial charge in [-0.1, -0.05) is 66.7 Å². The van der Waals surface area contributed by atoms with E-state index in [-0.39, 0.29) is 0 Å². The van der Waals surface area contributed by atoms with Gasteiger partial charge in [0.25, 0.3) is 0 Å². The molecule has 0 spiro atoms. The number of halogens is 3. The zero-order valence-electron chi connectivity index (χ0n) is 12.3. The topological polar surface area (TPSA) is 3.24 Å². The van der Waals surface area contributed by atoms with Gasteiger partial charge in [-0.3, -0.25) is 4.90 Å². The average molecular weight is 305 g/mol. The molecule has 2 aromatic carbocycles. The number of allylic oxidation sites excluding steroid dienone is 1. The summed E-state index contributed by atoms with van der Waals surface area (Å²) in [5.74, 6) is 0. The minimum atomic E-state index is -4.30. The number of alkyl halides is 3. The molecule has 1 nitrogen and oxygen atoms in total. The van der Waals surface area contributed by atoms with Gasteiger partial charge in [0.15, 0.2) is 0 Å². The number of hydrogen-bond acceptors (Lipinski definition) is 1. The zero-order chi connectivity index (χ0) is 16.0. The predicted octanol–water partition coefficient (Wildman–Crippen LogP) is 4.98. The molecule has 2 aromatic rings. The zero-order valence-corrected chi connectivity index (χ0v) is 12.3. The smallest absolute Gasteiger partial charge is 0.292 e. The third kappa shape index (κ3) is 5.04. The van der Waals surface area contributed by atoms with Gasteiger partial charge in [0.2, 0.25) is 0 Å². The van der Waals surface area contributed by atoms with Crippen molar-refractivity contribution in [1.29, 1.82) is 0 Å². The van der Waals surface area contributed by atoms with Gasteiger partial charge in [-0.05, 0) is 18.2 Å². The van der Waals surface area contributed by atoms with E-state index in [9.17, 15) is 13.2 Å². The lowest BCUT2D eigenvalue weighted by molar-refractivity contribution is -0.0803. The van der Waals surface area contributed by atoms with E-state index in [2.05, 4.69) is 0 Å². The molecule has 0 aliphatic heterocycles. The summed E-state index contributed by atoms with van der Waals surface area (Å²) in [5, 5.41) is 0. The third-order valence-corrected chi connectivity index (χ3v) is 3.36. The molecule has 0 aliphatic carbocycles. The fraction of sp³-hybridized carbons (Fsp3) is 0.222. The summed E-state index contributed by atoms with van der Waals surface area (Å²) in [6.45, 7) is 0.572. The summed E-state index contributed by atoms with van der Waals surface area (Å²) in [6, 6.07) is 18.5. The first-order valence-electron chi connectivity index (χ1n) is 7.01. The van der Waals surface area contributed by atoms with Crippen LogP contribution in [-0.4, -0.2) is 18.1 Å². The van der Waals surface area contributed by atoms with Crippen molar-refractivity contribution in [3.05, 3.63) is 83.9 Å². The van der Waals surface area contributed by atoms with Gasteiger partial charge in [0.1, 0.15) is 0 Å². The summed E-state index contributed by atoms with van der Waals surface area (Å²) in [5.41, 5.74) is 1.90. The Balaban J connectivity index is 2.22. The van der Waals surface area contributed by atoms with E-state index < -0.39 is 12.2 Å². The van der Waals surface area contributed by atoms with E-state index in [0.29, 0.717) is 12.6 Å². The SMILES string of the molecule is CN(Cc1ccccc1)[C@H](/C=C/C(F)(F)F)c1ccccc1. The summed E-state index contributed by atoms with van der Waals surface area (Å²) >= 11 is 0. The summed E-state index contributed by atoms with van der Waals surface area (Å²) in [4.78, 5) is 1.90. The van der Waals surface area contributed by atoms with Crippen LogP contribution in [0.15, 0.2) is 72.8 Å². The molecular weight excluding hydrogens is 287 g/mol. The molecule has 1 atom stereocenters. The molecule has 116 valence electrons. The Labute approximate surface area is 128 Å². The van der Waals surface area contributed by atoms with Crippen LogP contribution >= 0.6 is 0 Å². The van der Waals surface area contributed by atoms with Gasteiger partial charge in [0.05, 0.1) is 6.04 Å². The standard InChI is InChI=1S/C18H18F3N/c1-22(14-15-8-4-2-5-9-15)17(12-13-18(19,20)21)16-10-6-3-7-11-16/h2-13,17H,14H2,1H3/b13-12+/t17-/m1/s1. The molecule has 22 heavy (non-hydrogen) atoms. The minimum absolute atomic E-state index is 0.312. The lowest BCUT2D eigenvalue weighted by atomic mass is 10.0. The molecule has 0 saturated heterocycles. The van der Waals surface area contributed by atoms with E-state index in [4.69, 9.17) is 0 Å². The first-order chi connectivity index (χ1) is 10.5. The fourth-order valence-corrected chi connectivity index (χ4v) is 2.33. The molecule has 0 amide bonds. The first-order valence-corrected chi connectivity index (χ1v) is 7.01. The molecule has 0 aromatic heterocycles. The summed E-state index contributed by atoms with van der Waals surface area (Å²) in [6.07, 6.45) is -2.79. The molecule has 0 radical (unpaired) electrons. The van der Waals surface area contributed by atoms with E-state index in [0.717, 1.165) is 11.1 Å². The van der Waals surface area contributed by atoms with E-state index >= 15 is 0 Å². The molecule has 0 heterocycles. The van der Waals surface area contributed by atoms with Crippen molar-refractivity contribution in [3.63, 3.8) is 0 Å². The van der Waals surface area contributed by atoms with Crippen LogP contribution in [0, 0.1) is 0 Å². The molecule has 0 N–H and O–H groups in total. The van der Waals surface area contributed by atoms with Gasteiger partial charge >= 0.3 is 6.18 Å². The Morgan fingerprint density at radius 3 is 2.05 bits per heavy atom. The molecule has 0 saturated carbocycles. The Morgan fingerprint density at radius 2 is 1.50 bits per heavy atom. The maximum atomic E-state index is 12.5. The van der Waals surface area contributed by atoms with Gasteiger partial charge in [-0.2, -0.15) is 13.2 Å². The van der Waals surface area contributed by atoms with Gasteiger partial charge in [0, 0.05) is 12.6 Å². The second-order valence-electron chi connectivity index (χ2n) is 5.16. The number of nitrogens with zero attached hydrogens (tertiary/aromatic N) is 1. The Morgan fingerprint density at radius 1 is 0.955 bits per heavy atom. The normalized spacial score (nSPS) is 13.7. The van der Waals surface area contributed by atoms with Gasteiger partial charge < -0.3 is 0 Å². The van der Waals surface area contributed by atoms with Crippen molar-refractivity contribution < 1.29 is 13.2 Å². The van der Waals surface area contributed by atoms with Crippen LogP contribution in [0.25, 0.3) is 0 Å².